The molecule has 2 aliphatic heterocycles. The van der Waals surface area contributed by atoms with E-state index in [9.17, 15) is 9.18 Å². The second kappa shape index (κ2) is 11.1. The van der Waals surface area contributed by atoms with Crippen LogP contribution in [-0.2, 0) is 13.5 Å². The number of aliphatic imine (C=N–C) groups is 1. The largest absolute Gasteiger partial charge is 0.339 e. The third-order valence-electron chi connectivity index (χ3n) is 6.38. The first kappa shape index (κ1) is 25.0. The number of allylic oxidation sites excluding steroid dienone is 4. The number of alkyl halides is 1. The molecule has 0 spiro atoms. The molecule has 5 heterocycles. The highest BCUT2D eigenvalue weighted by Gasteiger charge is 2.34. The van der Waals surface area contributed by atoms with Crippen molar-refractivity contribution in [1.82, 2.24) is 29.6 Å². The topological polar surface area (TPSA) is 102 Å². The van der Waals surface area contributed by atoms with Crippen molar-refractivity contribution in [1.29, 1.82) is 0 Å². The van der Waals surface area contributed by atoms with Gasteiger partial charge in [-0.2, -0.15) is 4.98 Å². The molecule has 5 rings (SSSR count). The van der Waals surface area contributed by atoms with E-state index in [2.05, 4.69) is 37.4 Å². The first-order chi connectivity index (χ1) is 18.6. The van der Waals surface area contributed by atoms with Crippen molar-refractivity contribution in [2.24, 2.45) is 12.0 Å². The smallest absolute Gasteiger partial charge is 0.275 e. The van der Waals surface area contributed by atoms with Crippen LogP contribution in [0, 0.1) is 0 Å². The lowest BCUT2D eigenvalue weighted by atomic mass is 10.1. The summed E-state index contributed by atoms with van der Waals surface area (Å²) in [5, 5.41) is 4.03. The van der Waals surface area contributed by atoms with E-state index >= 15 is 0 Å². The molecule has 3 aromatic rings. The molecule has 0 aromatic carbocycles. The molecule has 1 fully saturated rings. The summed E-state index contributed by atoms with van der Waals surface area (Å²) in [7, 11) is 1.86. The zero-order valence-corrected chi connectivity index (χ0v) is 20.9. The maximum atomic E-state index is 13.9. The molecule has 2 aliphatic rings. The molecular formula is C28H26FN7O2. The number of rotatable bonds is 8. The lowest BCUT2D eigenvalue weighted by molar-refractivity contribution is 0.0726. The van der Waals surface area contributed by atoms with E-state index < -0.39 is 6.67 Å². The molecule has 0 bridgehead atoms. The highest BCUT2D eigenvalue weighted by atomic mass is 19.1. The van der Waals surface area contributed by atoms with Crippen molar-refractivity contribution >= 4 is 17.7 Å². The molecule has 0 N–H and O–H groups in total. The number of hydrogen-bond acceptors (Lipinski definition) is 7. The van der Waals surface area contributed by atoms with Gasteiger partial charge in [-0.25, -0.2) is 9.37 Å². The first-order valence-corrected chi connectivity index (χ1v) is 12.3. The quantitative estimate of drug-likeness (QED) is 0.330. The van der Waals surface area contributed by atoms with Crippen LogP contribution in [0.3, 0.4) is 0 Å². The third-order valence-corrected chi connectivity index (χ3v) is 6.38. The van der Waals surface area contributed by atoms with Crippen LogP contribution in [0.25, 0.3) is 17.5 Å². The number of hydrogen-bond donors (Lipinski definition) is 0. The number of likely N-dealkylation sites (tertiary alicyclic amines) is 1. The number of aromatic nitrogens is 5. The second-order valence-corrected chi connectivity index (χ2v) is 8.85. The normalized spacial score (nSPS) is 17.1. The van der Waals surface area contributed by atoms with Gasteiger partial charge < -0.3 is 14.0 Å². The molecule has 3 aromatic heterocycles. The van der Waals surface area contributed by atoms with E-state index in [1.807, 2.05) is 40.8 Å². The second-order valence-electron chi connectivity index (χ2n) is 8.85. The zero-order chi connectivity index (χ0) is 26.5. The van der Waals surface area contributed by atoms with Crippen molar-refractivity contribution in [3.8, 4) is 11.4 Å². The summed E-state index contributed by atoms with van der Waals surface area (Å²) < 4.78 is 20.3. The monoisotopic (exact) mass is 511 g/mol. The number of halogens is 1. The predicted octanol–water partition coefficient (Wildman–Crippen LogP) is 4.28. The fourth-order valence-corrected chi connectivity index (χ4v) is 4.51. The van der Waals surface area contributed by atoms with Gasteiger partial charge in [-0.15, -0.1) is 5.73 Å². The highest BCUT2D eigenvalue weighted by Crippen LogP contribution is 2.28. The minimum Gasteiger partial charge on any atom is -0.339 e. The average molecular weight is 512 g/mol. The van der Waals surface area contributed by atoms with Crippen LogP contribution in [0.15, 0.2) is 82.3 Å². The Morgan fingerprint density at radius 3 is 3.00 bits per heavy atom. The van der Waals surface area contributed by atoms with Gasteiger partial charge in [0.05, 0.1) is 11.4 Å². The summed E-state index contributed by atoms with van der Waals surface area (Å²) in [5.41, 5.74) is 5.35. The standard InChI is InChI=1S/C28H26FN7O2/c1-3-4-13-23-32-25(26(35(23)2)21-11-5-6-14-30-21)28(37)36-15-8-10-20(36)16-24-33-27(34-38-24)22-12-7-9-19(17-29)18-31-22/h3-6,9,11-14,18,20H,1,8,10,15-17H2,2H3/b13-4-/t20-/m0/s1. The Labute approximate surface area is 219 Å². The zero-order valence-electron chi connectivity index (χ0n) is 20.9. The van der Waals surface area contributed by atoms with Crippen LogP contribution < -0.4 is 0 Å². The van der Waals surface area contributed by atoms with Crippen LogP contribution in [-0.4, -0.2) is 60.5 Å². The molecule has 192 valence electrons. The van der Waals surface area contributed by atoms with Gasteiger partial charge in [0.2, 0.25) is 11.7 Å². The Bertz CT molecular complexity index is 1510. The number of nitrogens with zero attached hydrogens (tertiary/aromatic N) is 7. The Morgan fingerprint density at radius 1 is 1.32 bits per heavy atom. The van der Waals surface area contributed by atoms with Gasteiger partial charge in [-0.3, -0.25) is 14.8 Å². The molecule has 9 nitrogen and oxygen atoms in total. The van der Waals surface area contributed by atoms with Gasteiger partial charge in [0.25, 0.3) is 5.91 Å². The van der Waals surface area contributed by atoms with Crippen molar-refractivity contribution in [2.45, 2.75) is 25.3 Å². The van der Waals surface area contributed by atoms with Crippen LogP contribution in [0.2, 0.25) is 0 Å². The maximum Gasteiger partial charge on any atom is 0.275 e. The summed E-state index contributed by atoms with van der Waals surface area (Å²) in [6.07, 6.45) is 13.5. The minimum atomic E-state index is -0.634. The summed E-state index contributed by atoms with van der Waals surface area (Å²) >= 11 is 0. The summed E-state index contributed by atoms with van der Waals surface area (Å²) in [4.78, 5) is 33.5. The SMILES string of the molecule is C=C/C=C\c1nc(C(=O)N2CCC[C@H]2Cc2nc(C3=NC=C(CF)C=C=C3)no2)c(-c2ccccn2)n1C. The van der Waals surface area contributed by atoms with Crippen molar-refractivity contribution < 1.29 is 13.7 Å². The molecule has 0 unspecified atom stereocenters. The van der Waals surface area contributed by atoms with Crippen LogP contribution >= 0.6 is 0 Å². The van der Waals surface area contributed by atoms with Gasteiger partial charge in [0.1, 0.15) is 18.2 Å². The molecule has 1 saturated heterocycles. The van der Waals surface area contributed by atoms with Gasteiger partial charge in [-0.05, 0) is 37.1 Å². The Hall–Kier alpha value is -4.69. The molecule has 1 amide bonds. The molecule has 0 saturated carbocycles. The van der Waals surface area contributed by atoms with Crippen LogP contribution in [0.5, 0.6) is 0 Å². The lowest BCUT2D eigenvalue weighted by Crippen LogP contribution is -2.37. The minimum absolute atomic E-state index is 0.133. The molecule has 0 radical (unpaired) electrons. The van der Waals surface area contributed by atoms with Crippen molar-refractivity contribution in [2.75, 3.05) is 13.2 Å². The average Bonchev–Trinajstić information content (AvgIpc) is 3.63. The van der Waals surface area contributed by atoms with E-state index in [0.29, 0.717) is 53.0 Å². The Balaban J connectivity index is 1.40. The third kappa shape index (κ3) is 5.07. The fraction of sp³-hybridized carbons (Fsp3) is 0.250. The summed E-state index contributed by atoms with van der Waals surface area (Å²) in [6.45, 7) is 3.68. The van der Waals surface area contributed by atoms with E-state index in [1.165, 1.54) is 12.3 Å². The van der Waals surface area contributed by atoms with Crippen LogP contribution in [0.1, 0.15) is 40.9 Å². The van der Waals surface area contributed by atoms with Gasteiger partial charge in [0.15, 0.2) is 5.69 Å². The molecule has 10 heteroatoms. The Morgan fingerprint density at radius 2 is 2.21 bits per heavy atom. The number of amides is 1. The Kier molecular flexibility index (Phi) is 7.33. The van der Waals surface area contributed by atoms with E-state index in [-0.39, 0.29) is 17.8 Å². The number of carbonyl (C=O) groups is 1. The van der Waals surface area contributed by atoms with Crippen LogP contribution in [0.4, 0.5) is 4.39 Å². The lowest BCUT2D eigenvalue weighted by Gasteiger charge is -2.23. The first-order valence-electron chi connectivity index (χ1n) is 12.3. The van der Waals surface area contributed by atoms with Crippen molar-refractivity contribution in [3.63, 3.8) is 0 Å². The maximum absolute atomic E-state index is 13.9. The highest BCUT2D eigenvalue weighted by molar-refractivity contribution is 6.06. The molecule has 38 heavy (non-hydrogen) atoms. The molecule has 1 atom stereocenters. The predicted molar refractivity (Wildman–Crippen MR) is 141 cm³/mol. The van der Waals surface area contributed by atoms with E-state index in [4.69, 9.17) is 4.52 Å². The van der Waals surface area contributed by atoms with Gasteiger partial charge in [-0.1, -0.05) is 30.0 Å². The number of carbonyl (C=O) groups excluding carboxylic acids is 1. The van der Waals surface area contributed by atoms with Gasteiger partial charge in [0, 0.05) is 50.1 Å². The fourth-order valence-electron chi connectivity index (χ4n) is 4.51. The summed E-state index contributed by atoms with van der Waals surface area (Å²) in [5.74, 6) is 1.13. The number of pyridine rings is 1. The number of imidazole rings is 1. The molecule has 0 aliphatic carbocycles. The van der Waals surface area contributed by atoms with E-state index in [0.717, 1.165) is 12.8 Å². The van der Waals surface area contributed by atoms with E-state index in [1.54, 1.807) is 24.4 Å². The van der Waals surface area contributed by atoms with Gasteiger partial charge >= 0.3 is 0 Å². The molecular weight excluding hydrogens is 485 g/mol. The van der Waals surface area contributed by atoms with Crippen molar-refractivity contribution in [3.05, 3.63) is 96.0 Å². The summed E-state index contributed by atoms with van der Waals surface area (Å²) in [6, 6.07) is 5.44.